The van der Waals surface area contributed by atoms with E-state index in [1.54, 1.807) is 7.11 Å². The van der Waals surface area contributed by atoms with E-state index >= 15 is 0 Å². The zero-order valence-corrected chi connectivity index (χ0v) is 11.8. The molecule has 2 rings (SSSR count). The van der Waals surface area contributed by atoms with Crippen molar-refractivity contribution in [1.29, 1.82) is 0 Å². The molecule has 0 aliphatic carbocycles. The summed E-state index contributed by atoms with van der Waals surface area (Å²) in [5.41, 5.74) is 2.31. The van der Waals surface area contributed by atoms with Crippen LogP contribution in [0, 0.1) is 13.8 Å². The Morgan fingerprint density at radius 3 is 2.89 bits per heavy atom. The van der Waals surface area contributed by atoms with Crippen LogP contribution < -0.4 is 0 Å². The minimum Gasteiger partial charge on any atom is -0.385 e. The maximum atomic E-state index is 5.22. The molecule has 2 heterocycles. The lowest BCUT2D eigenvalue weighted by atomic mass is 10.00. The summed E-state index contributed by atoms with van der Waals surface area (Å²) in [7, 11) is 1.78. The number of ether oxygens (including phenoxy) is 1. The van der Waals surface area contributed by atoms with Crippen molar-refractivity contribution in [2.75, 3.05) is 20.3 Å². The smallest absolute Gasteiger partial charge is 0.120 e. The Bertz CT molecular complexity index is 356. The first kappa shape index (κ1) is 13.6. The molecule has 1 aliphatic heterocycles. The van der Waals surface area contributed by atoms with Crippen LogP contribution in [0.4, 0.5) is 0 Å². The molecule has 1 aliphatic rings. The number of aromatic nitrogens is 2. The van der Waals surface area contributed by atoms with Crippen molar-refractivity contribution in [2.45, 2.75) is 52.1 Å². The van der Waals surface area contributed by atoms with Gasteiger partial charge in [-0.3, -0.25) is 4.90 Å². The van der Waals surface area contributed by atoms with Crippen LogP contribution >= 0.6 is 0 Å². The number of likely N-dealkylation sites (tertiary alicyclic amines) is 1. The summed E-state index contributed by atoms with van der Waals surface area (Å²) < 4.78 is 5.22. The highest BCUT2D eigenvalue weighted by Crippen LogP contribution is 2.21. The van der Waals surface area contributed by atoms with E-state index in [0.717, 1.165) is 31.1 Å². The molecule has 0 radical (unpaired) electrons. The van der Waals surface area contributed by atoms with Crippen LogP contribution in [-0.2, 0) is 11.3 Å². The lowest BCUT2D eigenvalue weighted by Crippen LogP contribution is -2.39. The fourth-order valence-electron chi connectivity index (χ4n) is 2.74. The number of methoxy groups -OCH3 is 1. The molecule has 1 atom stereocenters. The topological polar surface area (TPSA) is 41.1 Å². The molecule has 0 bridgehead atoms. The van der Waals surface area contributed by atoms with Crippen LogP contribution in [0.15, 0.2) is 0 Å². The first-order valence-electron chi connectivity index (χ1n) is 6.95. The van der Waals surface area contributed by atoms with E-state index in [1.165, 1.54) is 31.5 Å². The van der Waals surface area contributed by atoms with Gasteiger partial charge in [-0.1, -0.05) is 6.42 Å². The summed E-state index contributed by atoms with van der Waals surface area (Å²) in [4.78, 5) is 10.5. The van der Waals surface area contributed by atoms with Crippen LogP contribution in [0.5, 0.6) is 0 Å². The number of nitrogens with zero attached hydrogens (tertiary/aromatic N) is 2. The third-order valence-electron chi connectivity index (χ3n) is 3.93. The number of nitrogens with one attached hydrogen (secondary N) is 1. The van der Waals surface area contributed by atoms with E-state index in [-0.39, 0.29) is 0 Å². The Balaban J connectivity index is 1.96. The summed E-state index contributed by atoms with van der Waals surface area (Å²) >= 11 is 0. The fourth-order valence-corrected chi connectivity index (χ4v) is 2.74. The molecule has 18 heavy (non-hydrogen) atoms. The van der Waals surface area contributed by atoms with Crippen molar-refractivity contribution in [1.82, 2.24) is 14.9 Å². The maximum Gasteiger partial charge on any atom is 0.120 e. The number of piperidine rings is 1. The summed E-state index contributed by atoms with van der Waals surface area (Å²) in [5, 5.41) is 0. The van der Waals surface area contributed by atoms with E-state index in [2.05, 4.69) is 28.7 Å². The van der Waals surface area contributed by atoms with E-state index in [0.29, 0.717) is 6.04 Å². The number of hydrogen-bond donors (Lipinski definition) is 1. The van der Waals surface area contributed by atoms with Crippen LogP contribution in [0.1, 0.15) is 42.9 Å². The first-order valence-corrected chi connectivity index (χ1v) is 6.95. The summed E-state index contributed by atoms with van der Waals surface area (Å²) in [6, 6.07) is 0.657. The van der Waals surface area contributed by atoms with Gasteiger partial charge >= 0.3 is 0 Å². The minimum atomic E-state index is 0.657. The third-order valence-corrected chi connectivity index (χ3v) is 3.93. The van der Waals surface area contributed by atoms with Gasteiger partial charge in [0.2, 0.25) is 0 Å². The molecule has 4 heteroatoms. The van der Waals surface area contributed by atoms with Gasteiger partial charge in [-0.25, -0.2) is 4.98 Å². The lowest BCUT2D eigenvalue weighted by molar-refractivity contribution is 0.0954. The standard InChI is InChI=1S/C14H25N3O/c1-11-12(2)16-14(15-11)10-17-8-5-4-6-13(17)7-9-18-3/h13H,4-10H2,1-3H3,(H,15,16)/t13-/m0/s1. The predicted molar refractivity (Wildman–Crippen MR) is 72.6 cm³/mol. The van der Waals surface area contributed by atoms with Crippen molar-refractivity contribution in [3.05, 3.63) is 17.2 Å². The Morgan fingerprint density at radius 2 is 2.22 bits per heavy atom. The van der Waals surface area contributed by atoms with Crippen molar-refractivity contribution in [3.8, 4) is 0 Å². The van der Waals surface area contributed by atoms with Crippen LogP contribution in [-0.4, -0.2) is 41.2 Å². The average molecular weight is 251 g/mol. The molecular formula is C14H25N3O. The molecule has 0 aromatic carbocycles. The van der Waals surface area contributed by atoms with E-state index in [9.17, 15) is 0 Å². The molecule has 4 nitrogen and oxygen atoms in total. The van der Waals surface area contributed by atoms with Gasteiger partial charge in [0.1, 0.15) is 5.82 Å². The number of imidazole rings is 1. The zero-order valence-electron chi connectivity index (χ0n) is 11.8. The second-order valence-electron chi connectivity index (χ2n) is 5.30. The highest BCUT2D eigenvalue weighted by atomic mass is 16.5. The van der Waals surface area contributed by atoms with Gasteiger partial charge in [0.05, 0.1) is 12.2 Å². The van der Waals surface area contributed by atoms with Gasteiger partial charge in [-0.2, -0.15) is 0 Å². The van der Waals surface area contributed by atoms with Crippen LogP contribution in [0.25, 0.3) is 0 Å². The molecule has 1 aromatic heterocycles. The Labute approximate surface area is 110 Å². The van der Waals surface area contributed by atoms with Crippen molar-refractivity contribution in [3.63, 3.8) is 0 Å². The van der Waals surface area contributed by atoms with Crippen molar-refractivity contribution in [2.24, 2.45) is 0 Å². The minimum absolute atomic E-state index is 0.657. The van der Waals surface area contributed by atoms with Gasteiger partial charge in [-0.05, 0) is 39.7 Å². The number of rotatable bonds is 5. The summed E-state index contributed by atoms with van der Waals surface area (Å²) in [6.07, 6.45) is 5.08. The normalized spacial score (nSPS) is 21.4. The van der Waals surface area contributed by atoms with E-state index in [1.807, 2.05) is 0 Å². The van der Waals surface area contributed by atoms with Gasteiger partial charge in [-0.15, -0.1) is 0 Å². The van der Waals surface area contributed by atoms with Gasteiger partial charge in [0.15, 0.2) is 0 Å². The molecule has 1 aromatic rings. The summed E-state index contributed by atoms with van der Waals surface area (Å²) in [6.45, 7) is 7.14. The molecule has 0 amide bonds. The first-order chi connectivity index (χ1) is 8.70. The highest BCUT2D eigenvalue weighted by Gasteiger charge is 2.23. The fraction of sp³-hybridized carbons (Fsp3) is 0.786. The van der Waals surface area contributed by atoms with E-state index in [4.69, 9.17) is 4.74 Å². The largest absolute Gasteiger partial charge is 0.385 e. The number of hydrogen-bond acceptors (Lipinski definition) is 3. The number of aryl methyl sites for hydroxylation is 2. The summed E-state index contributed by atoms with van der Waals surface area (Å²) in [5.74, 6) is 1.11. The van der Waals surface area contributed by atoms with E-state index < -0.39 is 0 Å². The Hall–Kier alpha value is -0.870. The second-order valence-corrected chi connectivity index (χ2v) is 5.30. The SMILES string of the molecule is COCC[C@@H]1CCCCN1Cc1nc(C)c(C)[nH]1. The molecule has 1 fully saturated rings. The zero-order chi connectivity index (χ0) is 13.0. The molecule has 0 spiro atoms. The second kappa shape index (κ2) is 6.34. The third kappa shape index (κ3) is 3.33. The Kier molecular flexibility index (Phi) is 4.78. The Morgan fingerprint density at radius 1 is 1.39 bits per heavy atom. The number of aromatic amines is 1. The molecular weight excluding hydrogens is 226 g/mol. The number of H-pyrrole nitrogens is 1. The van der Waals surface area contributed by atoms with Crippen molar-refractivity contribution < 1.29 is 4.74 Å². The monoisotopic (exact) mass is 251 g/mol. The molecule has 1 saturated heterocycles. The molecule has 102 valence electrons. The predicted octanol–water partition coefficient (Wildman–Crippen LogP) is 2.42. The van der Waals surface area contributed by atoms with Gasteiger partial charge < -0.3 is 9.72 Å². The highest BCUT2D eigenvalue weighted by molar-refractivity contribution is 5.10. The maximum absolute atomic E-state index is 5.22. The molecule has 0 unspecified atom stereocenters. The van der Waals surface area contributed by atoms with Crippen LogP contribution in [0.2, 0.25) is 0 Å². The van der Waals surface area contributed by atoms with Crippen molar-refractivity contribution >= 4 is 0 Å². The van der Waals surface area contributed by atoms with Crippen LogP contribution in [0.3, 0.4) is 0 Å². The molecule has 1 N–H and O–H groups in total. The lowest BCUT2D eigenvalue weighted by Gasteiger charge is -2.35. The van der Waals surface area contributed by atoms with Gasteiger partial charge in [0, 0.05) is 25.5 Å². The quantitative estimate of drug-likeness (QED) is 0.873. The average Bonchev–Trinajstić information content (AvgIpc) is 2.67. The molecule has 0 saturated carbocycles. The van der Waals surface area contributed by atoms with Gasteiger partial charge in [0.25, 0.3) is 0 Å².